The molecular formula is C33H62ClOPSi. The monoisotopic (exact) mass is 568 g/mol. The van der Waals surface area contributed by atoms with Crippen molar-refractivity contribution in [1.29, 1.82) is 0 Å². The fraction of sp³-hybridized carbons (Fsp3) is 0.818. The summed E-state index contributed by atoms with van der Waals surface area (Å²) in [5.74, 6) is 7.30. The Morgan fingerprint density at radius 3 is 1.84 bits per heavy atom. The number of rotatable bonds is 16. The number of halogens is 1. The largest absolute Gasteiger partial charge is 1.00 e. The average molecular weight is 569 g/mol. The Bertz CT molecular complexity index is 739. The lowest BCUT2D eigenvalue weighted by atomic mass is 9.72. The van der Waals surface area contributed by atoms with Gasteiger partial charge in [0.15, 0.2) is 8.32 Å². The van der Waals surface area contributed by atoms with E-state index in [9.17, 15) is 0 Å². The predicted octanol–water partition coefficient (Wildman–Crippen LogP) is 7.88. The summed E-state index contributed by atoms with van der Waals surface area (Å²) < 4.78 is 6.93. The first-order chi connectivity index (χ1) is 17.1. The van der Waals surface area contributed by atoms with Crippen molar-refractivity contribution in [3.8, 4) is 11.8 Å². The van der Waals surface area contributed by atoms with Gasteiger partial charge in [-0.2, -0.15) is 0 Å². The van der Waals surface area contributed by atoms with Crippen LogP contribution in [-0.4, -0.2) is 39.1 Å². The van der Waals surface area contributed by atoms with Crippen molar-refractivity contribution in [2.75, 3.05) is 24.6 Å². The third kappa shape index (κ3) is 11.9. The second-order valence-electron chi connectivity index (χ2n) is 12.3. The molecule has 0 aromatic rings. The van der Waals surface area contributed by atoms with E-state index in [0.717, 1.165) is 12.8 Å². The van der Waals surface area contributed by atoms with E-state index in [1.54, 1.807) is 0 Å². The first kappa shape index (κ1) is 36.9. The summed E-state index contributed by atoms with van der Waals surface area (Å²) in [6.45, 7) is 23.4. The van der Waals surface area contributed by atoms with Gasteiger partial charge < -0.3 is 16.8 Å². The standard InChI is InChI=1S/C33H62OPSi.ClH/c1-11-17-23-35(24-18-12-2,25-19-13-3)26-22-29(7)20-21-32-30(8)27-31(28-33(32,9)10)34-36(14-4,15-5)16-6;/h22,31H,11-19,23-28H2,1-10H3;1H/q+1;/p-1/b29-22+;/t31-;/m1./s1. The van der Waals surface area contributed by atoms with Gasteiger partial charge in [0.05, 0.1) is 24.6 Å². The maximum atomic E-state index is 6.93. The molecular weight excluding hydrogens is 507 g/mol. The van der Waals surface area contributed by atoms with E-state index in [1.165, 1.54) is 98.0 Å². The van der Waals surface area contributed by atoms with Crippen molar-refractivity contribution in [1.82, 2.24) is 0 Å². The molecule has 0 aromatic heterocycles. The van der Waals surface area contributed by atoms with Crippen LogP contribution in [0.5, 0.6) is 0 Å². The Balaban J connectivity index is 0.0000130. The van der Waals surface area contributed by atoms with Gasteiger partial charge in [-0.3, -0.25) is 0 Å². The van der Waals surface area contributed by atoms with E-state index in [-0.39, 0.29) is 17.8 Å². The zero-order valence-corrected chi connectivity index (χ0v) is 29.1. The first-order valence-electron chi connectivity index (χ1n) is 15.5. The van der Waals surface area contributed by atoms with Crippen LogP contribution in [0.3, 0.4) is 0 Å². The molecule has 0 bridgehead atoms. The van der Waals surface area contributed by atoms with E-state index >= 15 is 0 Å². The number of hydrogen-bond donors (Lipinski definition) is 0. The Kier molecular flexibility index (Phi) is 18.3. The molecule has 1 nitrogen and oxygen atoms in total. The highest BCUT2D eigenvalue weighted by molar-refractivity contribution is 7.76. The lowest BCUT2D eigenvalue weighted by Gasteiger charge is -2.41. The van der Waals surface area contributed by atoms with Crippen LogP contribution in [0.1, 0.15) is 121 Å². The fourth-order valence-electron chi connectivity index (χ4n) is 6.11. The Hall–Kier alpha value is -0.0631. The minimum atomic E-state index is -1.58. The van der Waals surface area contributed by atoms with Crippen molar-refractivity contribution >= 4 is 15.6 Å². The molecule has 1 aliphatic carbocycles. The molecule has 1 aliphatic rings. The molecule has 0 aliphatic heterocycles. The summed E-state index contributed by atoms with van der Waals surface area (Å²) in [7, 11) is -2.48. The summed E-state index contributed by atoms with van der Waals surface area (Å²) in [5, 5.41) is 0. The van der Waals surface area contributed by atoms with Crippen LogP contribution in [0.25, 0.3) is 0 Å². The molecule has 0 aromatic carbocycles. The van der Waals surface area contributed by atoms with Crippen molar-refractivity contribution in [2.45, 2.75) is 145 Å². The SMILES string of the molecule is CCCC[P+](C/C=C(\C)C#CC1=C(C)C[C@@H](O[Si](CC)(CC)CC)CC1(C)C)(CCCC)CCCC.[Cl-]. The zero-order chi connectivity index (χ0) is 27.2. The van der Waals surface area contributed by atoms with Gasteiger partial charge in [-0.1, -0.05) is 92.1 Å². The molecule has 0 amide bonds. The average Bonchev–Trinajstić information content (AvgIpc) is 2.85. The van der Waals surface area contributed by atoms with E-state index in [2.05, 4.69) is 87.2 Å². The highest BCUT2D eigenvalue weighted by Crippen LogP contribution is 2.60. The molecule has 1 atom stereocenters. The summed E-state index contributed by atoms with van der Waals surface area (Å²) >= 11 is 0. The van der Waals surface area contributed by atoms with Gasteiger partial charge in [-0.05, 0) is 81.1 Å². The van der Waals surface area contributed by atoms with Crippen LogP contribution in [0, 0.1) is 17.3 Å². The molecule has 0 radical (unpaired) electrons. The number of allylic oxidation sites excluding steroid dienone is 3. The van der Waals surface area contributed by atoms with Gasteiger partial charge in [0.1, 0.15) is 0 Å². The first-order valence-corrected chi connectivity index (χ1v) is 20.5. The van der Waals surface area contributed by atoms with Crippen molar-refractivity contribution in [2.24, 2.45) is 5.41 Å². The van der Waals surface area contributed by atoms with Crippen molar-refractivity contribution < 1.29 is 16.8 Å². The summed E-state index contributed by atoms with van der Waals surface area (Å²) in [6.07, 6.45) is 19.0. The Labute approximate surface area is 241 Å². The molecule has 0 N–H and O–H groups in total. The van der Waals surface area contributed by atoms with Crippen molar-refractivity contribution in [3.05, 3.63) is 22.8 Å². The van der Waals surface area contributed by atoms with Gasteiger partial charge in [0, 0.05) is 18.9 Å². The van der Waals surface area contributed by atoms with E-state index in [4.69, 9.17) is 4.43 Å². The third-order valence-corrected chi connectivity index (χ3v) is 18.3. The Morgan fingerprint density at radius 1 is 0.946 bits per heavy atom. The van der Waals surface area contributed by atoms with Gasteiger partial charge >= 0.3 is 0 Å². The summed E-state index contributed by atoms with van der Waals surface area (Å²) in [5.41, 5.74) is 4.21. The maximum Gasteiger partial charge on any atom is 0.192 e. The predicted molar refractivity (Wildman–Crippen MR) is 170 cm³/mol. The van der Waals surface area contributed by atoms with Crippen molar-refractivity contribution in [3.63, 3.8) is 0 Å². The topological polar surface area (TPSA) is 9.23 Å². The van der Waals surface area contributed by atoms with Crippen LogP contribution in [0.4, 0.5) is 0 Å². The fourth-order valence-corrected chi connectivity index (χ4v) is 13.8. The quantitative estimate of drug-likeness (QED) is 0.104. The van der Waals surface area contributed by atoms with Gasteiger partial charge in [-0.15, -0.1) is 0 Å². The molecule has 0 fully saturated rings. The second-order valence-corrected chi connectivity index (χ2v) is 21.4. The highest BCUT2D eigenvalue weighted by Gasteiger charge is 2.39. The normalized spacial score (nSPS) is 18.3. The molecule has 0 saturated heterocycles. The molecule has 0 heterocycles. The summed E-state index contributed by atoms with van der Waals surface area (Å²) in [6, 6.07) is 3.69. The van der Waals surface area contributed by atoms with Crippen LogP contribution < -0.4 is 12.4 Å². The van der Waals surface area contributed by atoms with Crippen LogP contribution >= 0.6 is 7.26 Å². The minimum absolute atomic E-state index is 0. The molecule has 0 spiro atoms. The van der Waals surface area contributed by atoms with Gasteiger partial charge in [0.2, 0.25) is 0 Å². The van der Waals surface area contributed by atoms with E-state index in [1.807, 2.05) is 0 Å². The number of hydrogen-bond acceptors (Lipinski definition) is 1. The minimum Gasteiger partial charge on any atom is -1.00 e. The molecule has 216 valence electrons. The Morgan fingerprint density at radius 2 is 1.43 bits per heavy atom. The molecule has 0 unspecified atom stereocenters. The van der Waals surface area contributed by atoms with E-state index in [0.29, 0.717) is 6.10 Å². The van der Waals surface area contributed by atoms with Gasteiger partial charge in [0.25, 0.3) is 0 Å². The molecule has 1 rings (SSSR count). The highest BCUT2D eigenvalue weighted by atomic mass is 35.5. The molecule has 37 heavy (non-hydrogen) atoms. The van der Waals surface area contributed by atoms with Crippen LogP contribution in [-0.2, 0) is 4.43 Å². The smallest absolute Gasteiger partial charge is 0.192 e. The maximum absolute atomic E-state index is 6.93. The lowest BCUT2D eigenvalue weighted by Crippen LogP contribution is -3.00. The van der Waals surface area contributed by atoms with Gasteiger partial charge in [-0.25, -0.2) is 0 Å². The second kappa shape index (κ2) is 18.3. The number of unbranched alkanes of at least 4 members (excludes halogenated alkanes) is 3. The zero-order valence-electron chi connectivity index (χ0n) is 26.5. The summed E-state index contributed by atoms with van der Waals surface area (Å²) in [4.78, 5) is 0. The lowest BCUT2D eigenvalue weighted by molar-refractivity contribution is -0.0000118. The molecule has 0 saturated carbocycles. The van der Waals surface area contributed by atoms with Crippen LogP contribution in [0.15, 0.2) is 22.8 Å². The van der Waals surface area contributed by atoms with E-state index < -0.39 is 15.6 Å². The molecule has 4 heteroatoms. The van der Waals surface area contributed by atoms with Crippen LogP contribution in [0.2, 0.25) is 18.1 Å². The third-order valence-electron chi connectivity index (χ3n) is 8.85.